The zero-order valence-corrected chi connectivity index (χ0v) is 11.2. The van der Waals surface area contributed by atoms with E-state index in [1.165, 1.54) is 12.1 Å². The van der Waals surface area contributed by atoms with Gasteiger partial charge < -0.3 is 10.4 Å². The maximum Gasteiger partial charge on any atom is 0.305 e. The molecule has 2 N–H and O–H groups in total. The molecule has 0 saturated heterocycles. The van der Waals surface area contributed by atoms with Crippen molar-refractivity contribution in [2.24, 2.45) is 5.41 Å². The molecule has 1 aromatic rings. The summed E-state index contributed by atoms with van der Waals surface area (Å²) in [5.41, 5.74) is 0.310. The summed E-state index contributed by atoms with van der Waals surface area (Å²) in [5.74, 6) is -1.35. The third-order valence-corrected chi connectivity index (χ3v) is 3.85. The second kappa shape index (κ2) is 6.03. The highest BCUT2D eigenvalue weighted by Crippen LogP contribution is 2.44. The fourth-order valence-electron chi connectivity index (χ4n) is 2.60. The van der Waals surface area contributed by atoms with E-state index >= 15 is 0 Å². The van der Waals surface area contributed by atoms with Crippen molar-refractivity contribution in [2.45, 2.75) is 32.1 Å². The minimum Gasteiger partial charge on any atom is -0.481 e. The first kappa shape index (κ1) is 14.5. The van der Waals surface area contributed by atoms with Gasteiger partial charge in [-0.15, -0.1) is 0 Å². The standard InChI is InChI=1S/C15H18FNO3/c16-12-4-1-3-11(9-12)10-15(6-2-7-15)14(20)17-8-5-13(18)19/h1,3-4,9H,2,5-8,10H2,(H,17,20)(H,18,19). The van der Waals surface area contributed by atoms with Gasteiger partial charge in [0.25, 0.3) is 0 Å². The van der Waals surface area contributed by atoms with Crippen LogP contribution in [-0.2, 0) is 16.0 Å². The molecule has 0 unspecified atom stereocenters. The summed E-state index contributed by atoms with van der Waals surface area (Å²) >= 11 is 0. The zero-order chi connectivity index (χ0) is 14.6. The molecule has 0 bridgehead atoms. The number of rotatable bonds is 6. The van der Waals surface area contributed by atoms with E-state index in [1.54, 1.807) is 6.07 Å². The highest BCUT2D eigenvalue weighted by molar-refractivity contribution is 5.84. The molecule has 1 aromatic carbocycles. The van der Waals surface area contributed by atoms with E-state index < -0.39 is 11.4 Å². The Morgan fingerprint density at radius 2 is 2.10 bits per heavy atom. The van der Waals surface area contributed by atoms with Crippen LogP contribution in [0.15, 0.2) is 24.3 Å². The largest absolute Gasteiger partial charge is 0.481 e. The number of halogens is 1. The van der Waals surface area contributed by atoms with Crippen LogP contribution in [0.25, 0.3) is 0 Å². The predicted molar refractivity (Wildman–Crippen MR) is 71.7 cm³/mol. The molecule has 20 heavy (non-hydrogen) atoms. The summed E-state index contributed by atoms with van der Waals surface area (Å²) in [4.78, 5) is 22.7. The molecule has 1 amide bonds. The fourth-order valence-corrected chi connectivity index (χ4v) is 2.60. The molecule has 0 aromatic heterocycles. The van der Waals surface area contributed by atoms with Gasteiger partial charge in [0.2, 0.25) is 5.91 Å². The first-order valence-corrected chi connectivity index (χ1v) is 6.76. The summed E-state index contributed by atoms with van der Waals surface area (Å²) in [5, 5.41) is 11.3. The first-order valence-electron chi connectivity index (χ1n) is 6.76. The topological polar surface area (TPSA) is 66.4 Å². The molecule has 1 aliphatic carbocycles. The predicted octanol–water partition coefficient (Wildman–Crippen LogP) is 2.13. The number of hydrogen-bond donors (Lipinski definition) is 2. The average molecular weight is 279 g/mol. The summed E-state index contributed by atoms with van der Waals surface area (Å²) in [7, 11) is 0. The monoisotopic (exact) mass is 279 g/mol. The Hall–Kier alpha value is -1.91. The van der Waals surface area contributed by atoms with Gasteiger partial charge in [-0.1, -0.05) is 18.6 Å². The maximum absolute atomic E-state index is 13.2. The van der Waals surface area contributed by atoms with E-state index in [4.69, 9.17) is 5.11 Å². The number of carboxylic acid groups (broad SMARTS) is 1. The number of carbonyl (C=O) groups excluding carboxylic acids is 1. The molecule has 1 fully saturated rings. The van der Waals surface area contributed by atoms with Gasteiger partial charge in [0, 0.05) is 6.54 Å². The minimum absolute atomic E-state index is 0.0816. The Bertz CT molecular complexity index is 512. The van der Waals surface area contributed by atoms with E-state index in [0.29, 0.717) is 6.42 Å². The highest BCUT2D eigenvalue weighted by atomic mass is 19.1. The van der Waals surface area contributed by atoms with Gasteiger partial charge in [-0.25, -0.2) is 4.39 Å². The van der Waals surface area contributed by atoms with Crippen LogP contribution in [0.1, 0.15) is 31.2 Å². The van der Waals surface area contributed by atoms with Crippen LogP contribution in [0, 0.1) is 11.2 Å². The molecule has 4 nitrogen and oxygen atoms in total. The Balaban J connectivity index is 1.98. The molecular formula is C15H18FNO3. The highest BCUT2D eigenvalue weighted by Gasteiger charge is 2.43. The van der Waals surface area contributed by atoms with Crippen molar-refractivity contribution in [2.75, 3.05) is 6.54 Å². The third-order valence-electron chi connectivity index (χ3n) is 3.85. The summed E-state index contributed by atoms with van der Waals surface area (Å²) in [6.45, 7) is 0.138. The van der Waals surface area contributed by atoms with Gasteiger partial charge in [0.05, 0.1) is 11.8 Å². The summed E-state index contributed by atoms with van der Waals surface area (Å²) in [6.07, 6.45) is 2.93. The van der Waals surface area contributed by atoms with Gasteiger partial charge in [0.15, 0.2) is 0 Å². The lowest BCUT2D eigenvalue weighted by molar-refractivity contribution is -0.138. The molecule has 0 heterocycles. The quantitative estimate of drug-likeness (QED) is 0.838. The van der Waals surface area contributed by atoms with Crippen LogP contribution in [0.5, 0.6) is 0 Å². The smallest absolute Gasteiger partial charge is 0.305 e. The molecule has 1 saturated carbocycles. The molecule has 1 aliphatic rings. The Labute approximate surface area is 117 Å². The average Bonchev–Trinajstić information content (AvgIpc) is 2.33. The van der Waals surface area contributed by atoms with Crippen LogP contribution in [0.3, 0.4) is 0 Å². The number of aliphatic carboxylic acids is 1. The molecule has 0 atom stereocenters. The van der Waals surface area contributed by atoms with Crippen LogP contribution in [0.4, 0.5) is 4.39 Å². The third kappa shape index (κ3) is 3.35. The molecular weight excluding hydrogens is 261 g/mol. The van der Waals surface area contributed by atoms with Crippen molar-refractivity contribution < 1.29 is 19.1 Å². The molecule has 5 heteroatoms. The van der Waals surface area contributed by atoms with Crippen molar-refractivity contribution in [3.63, 3.8) is 0 Å². The first-order chi connectivity index (χ1) is 9.52. The maximum atomic E-state index is 13.2. The van der Waals surface area contributed by atoms with Crippen LogP contribution < -0.4 is 5.32 Å². The van der Waals surface area contributed by atoms with E-state index in [-0.39, 0.29) is 24.7 Å². The van der Waals surface area contributed by atoms with Crippen molar-refractivity contribution in [3.05, 3.63) is 35.6 Å². The Kier molecular flexibility index (Phi) is 4.37. The molecule has 0 radical (unpaired) electrons. The van der Waals surface area contributed by atoms with Gasteiger partial charge >= 0.3 is 5.97 Å². The lowest BCUT2D eigenvalue weighted by atomic mass is 9.64. The summed E-state index contributed by atoms with van der Waals surface area (Å²) < 4.78 is 13.2. The van der Waals surface area contributed by atoms with E-state index in [2.05, 4.69) is 5.32 Å². The summed E-state index contributed by atoms with van der Waals surface area (Å²) in [6, 6.07) is 6.28. The lowest BCUT2D eigenvalue weighted by Crippen LogP contribution is -2.47. The van der Waals surface area contributed by atoms with Gasteiger partial charge in [0.1, 0.15) is 5.82 Å². The van der Waals surface area contributed by atoms with E-state index in [1.807, 2.05) is 6.07 Å². The number of benzene rings is 1. The van der Waals surface area contributed by atoms with Crippen molar-refractivity contribution in [1.29, 1.82) is 0 Å². The molecule has 0 aliphatic heterocycles. The number of nitrogens with one attached hydrogen (secondary N) is 1. The van der Waals surface area contributed by atoms with Crippen LogP contribution in [0.2, 0.25) is 0 Å². The minimum atomic E-state index is -0.932. The second-order valence-corrected chi connectivity index (χ2v) is 5.34. The number of hydrogen-bond acceptors (Lipinski definition) is 2. The lowest BCUT2D eigenvalue weighted by Gasteiger charge is -2.40. The Morgan fingerprint density at radius 3 is 2.65 bits per heavy atom. The van der Waals surface area contributed by atoms with Crippen molar-refractivity contribution >= 4 is 11.9 Å². The SMILES string of the molecule is O=C(O)CCNC(=O)C1(Cc2cccc(F)c2)CCC1. The van der Waals surface area contributed by atoms with Crippen LogP contribution in [-0.4, -0.2) is 23.5 Å². The Morgan fingerprint density at radius 1 is 1.35 bits per heavy atom. The fraction of sp³-hybridized carbons (Fsp3) is 0.467. The molecule has 0 spiro atoms. The van der Waals surface area contributed by atoms with Crippen molar-refractivity contribution in [1.82, 2.24) is 5.32 Å². The number of amides is 1. The second-order valence-electron chi connectivity index (χ2n) is 5.34. The normalized spacial score (nSPS) is 16.2. The van der Waals surface area contributed by atoms with E-state index in [0.717, 1.165) is 24.8 Å². The molecule has 2 rings (SSSR count). The van der Waals surface area contributed by atoms with Crippen LogP contribution >= 0.6 is 0 Å². The van der Waals surface area contributed by atoms with Gasteiger partial charge in [-0.05, 0) is 37.0 Å². The van der Waals surface area contributed by atoms with E-state index in [9.17, 15) is 14.0 Å². The number of carbonyl (C=O) groups is 2. The van der Waals surface area contributed by atoms with Gasteiger partial charge in [-0.2, -0.15) is 0 Å². The molecule has 108 valence electrons. The van der Waals surface area contributed by atoms with Gasteiger partial charge in [-0.3, -0.25) is 9.59 Å². The number of carboxylic acids is 1. The zero-order valence-electron chi connectivity index (χ0n) is 11.2. The van der Waals surface area contributed by atoms with Crippen molar-refractivity contribution in [3.8, 4) is 0 Å².